The molecule has 0 saturated heterocycles. The van der Waals surface area contributed by atoms with Crippen LogP contribution in [-0.4, -0.2) is 30.2 Å². The van der Waals surface area contributed by atoms with Crippen molar-refractivity contribution in [1.29, 1.82) is 0 Å². The van der Waals surface area contributed by atoms with Gasteiger partial charge in [-0.2, -0.15) is 5.10 Å². The largest absolute Gasteiger partial charge is 0.395 e. The van der Waals surface area contributed by atoms with Crippen LogP contribution in [0.5, 0.6) is 0 Å². The molecule has 0 fully saturated rings. The van der Waals surface area contributed by atoms with Crippen LogP contribution in [0.2, 0.25) is 0 Å². The molecule has 112 valence electrons. The highest BCUT2D eigenvalue weighted by atomic mass is 16.2. The van der Waals surface area contributed by atoms with Crippen molar-refractivity contribution in [2.24, 2.45) is 0 Å². The van der Waals surface area contributed by atoms with Crippen molar-refractivity contribution < 1.29 is 4.79 Å². The van der Waals surface area contributed by atoms with E-state index in [4.69, 9.17) is 5.73 Å². The van der Waals surface area contributed by atoms with E-state index < -0.39 is 0 Å². The van der Waals surface area contributed by atoms with Gasteiger partial charge in [0.15, 0.2) is 5.69 Å². The lowest BCUT2D eigenvalue weighted by atomic mass is 10.2. The number of H-pyrrole nitrogens is 1. The molecule has 0 aliphatic carbocycles. The third-order valence-electron chi connectivity index (χ3n) is 3.23. The summed E-state index contributed by atoms with van der Waals surface area (Å²) >= 11 is 0. The van der Waals surface area contributed by atoms with Gasteiger partial charge in [-0.3, -0.25) is 9.89 Å². The number of aromatic nitrogens is 2. The van der Waals surface area contributed by atoms with Crippen LogP contribution in [0, 0.1) is 0 Å². The molecule has 2 rings (SSSR count). The topological polar surface area (TPSA) is 87.0 Å². The van der Waals surface area contributed by atoms with Gasteiger partial charge in [-0.1, -0.05) is 25.5 Å². The number of nitrogens with one attached hydrogen (secondary N) is 2. The molecule has 1 heterocycles. The number of para-hydroxylation sites is 2. The molecule has 1 aromatic carbocycles. The summed E-state index contributed by atoms with van der Waals surface area (Å²) in [4.78, 5) is 14.3. The first kappa shape index (κ1) is 14.9. The van der Waals surface area contributed by atoms with Crippen LogP contribution >= 0.6 is 0 Å². The summed E-state index contributed by atoms with van der Waals surface area (Å²) in [6.07, 6.45) is 1.72. The number of amides is 1. The fourth-order valence-corrected chi connectivity index (χ4v) is 2.15. The van der Waals surface area contributed by atoms with Gasteiger partial charge in [0.05, 0.1) is 22.8 Å². The van der Waals surface area contributed by atoms with E-state index >= 15 is 0 Å². The van der Waals surface area contributed by atoms with E-state index in [1.807, 2.05) is 50.2 Å². The molecule has 0 unspecified atom stereocenters. The monoisotopic (exact) mass is 287 g/mol. The highest BCUT2D eigenvalue weighted by molar-refractivity contribution is 6.07. The van der Waals surface area contributed by atoms with Crippen LogP contribution in [-0.2, 0) is 6.42 Å². The van der Waals surface area contributed by atoms with Gasteiger partial charge >= 0.3 is 0 Å². The lowest BCUT2D eigenvalue weighted by Gasteiger charge is -2.17. The number of aryl methyl sites for hydroxylation is 1. The molecule has 0 radical (unpaired) electrons. The Morgan fingerprint density at radius 1 is 1.38 bits per heavy atom. The van der Waals surface area contributed by atoms with Crippen LogP contribution in [0.25, 0.3) is 0 Å². The van der Waals surface area contributed by atoms with E-state index in [1.165, 1.54) is 0 Å². The molecule has 2 aromatic rings. The maximum atomic E-state index is 12.3. The number of nitrogens with two attached hydrogens (primary N) is 1. The number of nitrogen functional groups attached to an aromatic ring is 1. The smallest absolute Gasteiger partial charge is 0.278 e. The van der Waals surface area contributed by atoms with Crippen molar-refractivity contribution >= 4 is 23.0 Å². The van der Waals surface area contributed by atoms with E-state index in [2.05, 4.69) is 15.5 Å². The maximum Gasteiger partial charge on any atom is 0.278 e. The Bertz CT molecular complexity index is 633. The quantitative estimate of drug-likeness (QED) is 0.787. The molecule has 1 aromatic heterocycles. The first-order chi connectivity index (χ1) is 10.0. The molecule has 0 aliphatic rings. The van der Waals surface area contributed by atoms with Gasteiger partial charge in [0.1, 0.15) is 0 Å². The lowest BCUT2D eigenvalue weighted by molar-refractivity contribution is 0.102. The summed E-state index contributed by atoms with van der Waals surface area (Å²) in [6.45, 7) is 2.05. The third-order valence-corrected chi connectivity index (χ3v) is 3.23. The Labute approximate surface area is 124 Å². The molecular formula is C15H21N5O. The zero-order valence-electron chi connectivity index (χ0n) is 12.6. The molecule has 0 aliphatic heterocycles. The Morgan fingerprint density at radius 3 is 2.76 bits per heavy atom. The van der Waals surface area contributed by atoms with Crippen LogP contribution < -0.4 is 16.0 Å². The van der Waals surface area contributed by atoms with Crippen LogP contribution in [0.3, 0.4) is 0 Å². The van der Waals surface area contributed by atoms with Gasteiger partial charge in [0.25, 0.3) is 5.91 Å². The Morgan fingerprint density at radius 2 is 2.10 bits per heavy atom. The van der Waals surface area contributed by atoms with Crippen molar-refractivity contribution in [3.8, 4) is 0 Å². The Hall–Kier alpha value is -2.50. The number of anilines is 3. The average Bonchev–Trinajstić information content (AvgIpc) is 2.81. The molecule has 1 amide bonds. The van der Waals surface area contributed by atoms with Crippen molar-refractivity contribution in [2.75, 3.05) is 30.0 Å². The number of rotatable bonds is 5. The molecule has 6 nitrogen and oxygen atoms in total. The number of carbonyl (C=O) groups excluding carboxylic acids is 1. The molecule has 0 bridgehead atoms. The summed E-state index contributed by atoms with van der Waals surface area (Å²) < 4.78 is 0. The van der Waals surface area contributed by atoms with Crippen LogP contribution in [0.1, 0.15) is 29.5 Å². The predicted molar refractivity (Wildman–Crippen MR) is 85.7 cm³/mol. The second-order valence-corrected chi connectivity index (χ2v) is 5.08. The summed E-state index contributed by atoms with van der Waals surface area (Å²) in [7, 11) is 3.85. The normalized spacial score (nSPS) is 10.4. The number of carbonyl (C=O) groups is 1. The van der Waals surface area contributed by atoms with Gasteiger partial charge < -0.3 is 16.0 Å². The molecular weight excluding hydrogens is 266 g/mol. The van der Waals surface area contributed by atoms with Gasteiger partial charge in [-0.15, -0.1) is 0 Å². The SMILES string of the molecule is CCCc1[nH]nc(C(=O)Nc2ccccc2N(C)C)c1N. The van der Waals surface area contributed by atoms with Crippen molar-refractivity contribution in [1.82, 2.24) is 10.2 Å². The van der Waals surface area contributed by atoms with E-state index in [1.54, 1.807) is 0 Å². The molecule has 4 N–H and O–H groups in total. The van der Waals surface area contributed by atoms with E-state index in [-0.39, 0.29) is 11.6 Å². The minimum absolute atomic E-state index is 0.243. The number of hydrogen-bond acceptors (Lipinski definition) is 4. The Kier molecular flexibility index (Phi) is 4.47. The first-order valence-electron chi connectivity index (χ1n) is 6.95. The van der Waals surface area contributed by atoms with Crippen molar-refractivity contribution in [3.05, 3.63) is 35.7 Å². The second-order valence-electron chi connectivity index (χ2n) is 5.08. The van der Waals surface area contributed by atoms with E-state index in [0.717, 1.165) is 29.9 Å². The van der Waals surface area contributed by atoms with Gasteiger partial charge in [0.2, 0.25) is 0 Å². The average molecular weight is 287 g/mol. The zero-order chi connectivity index (χ0) is 15.4. The molecule has 0 spiro atoms. The zero-order valence-corrected chi connectivity index (χ0v) is 12.6. The first-order valence-corrected chi connectivity index (χ1v) is 6.95. The summed E-state index contributed by atoms with van der Waals surface area (Å²) in [5.74, 6) is -0.305. The van der Waals surface area contributed by atoms with Gasteiger partial charge in [0, 0.05) is 14.1 Å². The fourth-order valence-electron chi connectivity index (χ4n) is 2.15. The minimum atomic E-state index is -0.305. The van der Waals surface area contributed by atoms with Crippen molar-refractivity contribution in [2.45, 2.75) is 19.8 Å². The van der Waals surface area contributed by atoms with Gasteiger partial charge in [-0.05, 0) is 18.6 Å². The molecule has 6 heteroatoms. The molecule has 0 saturated carbocycles. The predicted octanol–water partition coefficient (Wildman–Crippen LogP) is 2.26. The van der Waals surface area contributed by atoms with E-state index in [9.17, 15) is 4.79 Å². The lowest BCUT2D eigenvalue weighted by Crippen LogP contribution is -2.18. The van der Waals surface area contributed by atoms with Crippen LogP contribution in [0.4, 0.5) is 17.1 Å². The third kappa shape index (κ3) is 3.16. The highest BCUT2D eigenvalue weighted by Crippen LogP contribution is 2.25. The fraction of sp³-hybridized carbons (Fsp3) is 0.333. The minimum Gasteiger partial charge on any atom is -0.395 e. The second kappa shape index (κ2) is 6.30. The number of hydrogen-bond donors (Lipinski definition) is 3. The number of benzene rings is 1. The maximum absolute atomic E-state index is 12.3. The molecule has 0 atom stereocenters. The number of nitrogens with zero attached hydrogens (tertiary/aromatic N) is 2. The summed E-state index contributed by atoms with van der Waals surface area (Å²) in [6, 6.07) is 7.58. The number of aromatic amines is 1. The van der Waals surface area contributed by atoms with Crippen LogP contribution in [0.15, 0.2) is 24.3 Å². The van der Waals surface area contributed by atoms with Crippen molar-refractivity contribution in [3.63, 3.8) is 0 Å². The van der Waals surface area contributed by atoms with Gasteiger partial charge in [-0.25, -0.2) is 0 Å². The standard InChI is InChI=1S/C15H21N5O/c1-4-7-11-13(16)14(19-18-11)15(21)17-10-8-5-6-9-12(10)20(2)3/h5-6,8-9H,4,7,16H2,1-3H3,(H,17,21)(H,18,19). The Balaban J connectivity index is 2.23. The highest BCUT2D eigenvalue weighted by Gasteiger charge is 2.18. The van der Waals surface area contributed by atoms with E-state index in [0.29, 0.717) is 5.69 Å². The summed E-state index contributed by atoms with van der Waals surface area (Å²) in [5.41, 5.74) is 9.11. The summed E-state index contributed by atoms with van der Waals surface area (Å²) in [5, 5.41) is 9.72. The molecule has 21 heavy (non-hydrogen) atoms.